The zero-order chi connectivity index (χ0) is 20.4. The van der Waals surface area contributed by atoms with Gasteiger partial charge in [0.2, 0.25) is 5.91 Å². The van der Waals surface area contributed by atoms with E-state index in [0.29, 0.717) is 11.7 Å². The van der Waals surface area contributed by atoms with E-state index >= 15 is 0 Å². The van der Waals surface area contributed by atoms with Gasteiger partial charge < -0.3 is 10.2 Å². The fourth-order valence-corrected chi connectivity index (χ4v) is 4.69. The van der Waals surface area contributed by atoms with E-state index in [1.54, 1.807) is 24.3 Å². The van der Waals surface area contributed by atoms with Gasteiger partial charge in [-0.3, -0.25) is 4.79 Å². The van der Waals surface area contributed by atoms with Crippen LogP contribution in [0.4, 0.5) is 10.8 Å². The van der Waals surface area contributed by atoms with Crippen molar-refractivity contribution in [3.63, 3.8) is 0 Å². The Morgan fingerprint density at radius 1 is 1.14 bits per heavy atom. The van der Waals surface area contributed by atoms with E-state index in [1.165, 1.54) is 28.7 Å². The molecule has 0 atom stereocenters. The third-order valence-corrected chi connectivity index (χ3v) is 6.84. The molecule has 1 aromatic heterocycles. The SMILES string of the molecule is CS(=O)(=O)c1ccc(Nc2nc(CC(=O)N3CCc4ccccc4C3)cs2)cc1. The molecule has 1 aliphatic rings. The van der Waals surface area contributed by atoms with Gasteiger partial charge in [-0.15, -0.1) is 11.3 Å². The van der Waals surface area contributed by atoms with Crippen LogP contribution >= 0.6 is 11.3 Å². The van der Waals surface area contributed by atoms with E-state index in [-0.39, 0.29) is 17.2 Å². The molecule has 0 spiro atoms. The van der Waals surface area contributed by atoms with Crippen molar-refractivity contribution in [2.75, 3.05) is 18.1 Å². The predicted molar refractivity (Wildman–Crippen MR) is 114 cm³/mol. The molecule has 0 saturated heterocycles. The first-order valence-electron chi connectivity index (χ1n) is 9.24. The fraction of sp³-hybridized carbons (Fsp3) is 0.238. The molecule has 1 amide bonds. The van der Waals surface area contributed by atoms with Crippen molar-refractivity contribution in [3.8, 4) is 0 Å². The van der Waals surface area contributed by atoms with E-state index in [1.807, 2.05) is 22.4 Å². The Labute approximate surface area is 174 Å². The molecule has 4 rings (SSSR count). The Hall–Kier alpha value is -2.71. The van der Waals surface area contributed by atoms with E-state index in [0.717, 1.165) is 24.3 Å². The molecule has 0 fully saturated rings. The van der Waals surface area contributed by atoms with Crippen LogP contribution in [0.25, 0.3) is 0 Å². The number of hydrogen-bond acceptors (Lipinski definition) is 6. The molecular formula is C21H21N3O3S2. The lowest BCUT2D eigenvalue weighted by atomic mass is 10.00. The van der Waals surface area contributed by atoms with Gasteiger partial charge in [0, 0.05) is 30.4 Å². The van der Waals surface area contributed by atoms with Gasteiger partial charge in [0.15, 0.2) is 15.0 Å². The van der Waals surface area contributed by atoms with Crippen LogP contribution in [0.5, 0.6) is 0 Å². The molecule has 0 bridgehead atoms. The molecule has 0 radical (unpaired) electrons. The number of hydrogen-bond donors (Lipinski definition) is 1. The lowest BCUT2D eigenvalue weighted by Crippen LogP contribution is -2.36. The number of amides is 1. The van der Waals surface area contributed by atoms with Crippen LogP contribution in [0.15, 0.2) is 58.8 Å². The summed E-state index contributed by atoms with van der Waals surface area (Å²) in [5, 5.41) is 5.70. The molecule has 1 N–H and O–H groups in total. The highest BCUT2D eigenvalue weighted by molar-refractivity contribution is 7.90. The van der Waals surface area contributed by atoms with Gasteiger partial charge in [0.25, 0.3) is 0 Å². The van der Waals surface area contributed by atoms with Crippen LogP contribution in [0.2, 0.25) is 0 Å². The number of thiazole rings is 1. The Morgan fingerprint density at radius 2 is 1.86 bits per heavy atom. The zero-order valence-corrected chi connectivity index (χ0v) is 17.6. The number of nitrogens with one attached hydrogen (secondary N) is 1. The first-order chi connectivity index (χ1) is 13.9. The number of carbonyl (C=O) groups excluding carboxylic acids is 1. The van der Waals surface area contributed by atoms with Crippen LogP contribution in [-0.2, 0) is 34.0 Å². The van der Waals surface area contributed by atoms with Crippen molar-refractivity contribution in [2.45, 2.75) is 24.3 Å². The summed E-state index contributed by atoms with van der Waals surface area (Å²) in [6.45, 7) is 1.38. The molecule has 150 valence electrons. The molecule has 3 aromatic rings. The average Bonchev–Trinajstić information content (AvgIpc) is 3.14. The molecule has 0 unspecified atom stereocenters. The Kier molecular flexibility index (Phi) is 5.38. The lowest BCUT2D eigenvalue weighted by molar-refractivity contribution is -0.131. The summed E-state index contributed by atoms with van der Waals surface area (Å²) in [7, 11) is -3.21. The number of rotatable bonds is 5. The third kappa shape index (κ3) is 4.65. The summed E-state index contributed by atoms with van der Waals surface area (Å²) in [4.78, 5) is 19.3. The number of sulfone groups is 1. The van der Waals surface area contributed by atoms with E-state index in [2.05, 4.69) is 22.4 Å². The quantitative estimate of drug-likeness (QED) is 0.675. The molecule has 0 saturated carbocycles. The number of nitrogens with zero attached hydrogens (tertiary/aromatic N) is 2. The van der Waals surface area contributed by atoms with Gasteiger partial charge in [-0.05, 0) is 41.8 Å². The van der Waals surface area contributed by atoms with Crippen molar-refractivity contribution < 1.29 is 13.2 Å². The van der Waals surface area contributed by atoms with Crippen molar-refractivity contribution >= 4 is 37.9 Å². The molecule has 6 nitrogen and oxygen atoms in total. The summed E-state index contributed by atoms with van der Waals surface area (Å²) in [5.74, 6) is 0.0776. The summed E-state index contributed by atoms with van der Waals surface area (Å²) in [6, 6.07) is 14.8. The topological polar surface area (TPSA) is 79.4 Å². The lowest BCUT2D eigenvalue weighted by Gasteiger charge is -2.28. The maximum absolute atomic E-state index is 12.7. The number of carbonyl (C=O) groups is 1. The standard InChI is InChI=1S/C21H21N3O3S2/c1-29(26,27)19-8-6-17(7-9-19)22-21-23-18(14-28-21)12-20(25)24-11-10-15-4-2-3-5-16(15)13-24/h2-9,14H,10-13H2,1H3,(H,22,23). The molecule has 1 aliphatic heterocycles. The summed E-state index contributed by atoms with van der Waals surface area (Å²) in [5.41, 5.74) is 4.01. The largest absolute Gasteiger partial charge is 0.338 e. The molecule has 29 heavy (non-hydrogen) atoms. The predicted octanol–water partition coefficient (Wildman–Crippen LogP) is 3.42. The van der Waals surface area contributed by atoms with Gasteiger partial charge in [0.05, 0.1) is 17.0 Å². The van der Waals surface area contributed by atoms with Crippen LogP contribution in [0.1, 0.15) is 16.8 Å². The maximum Gasteiger partial charge on any atom is 0.228 e. The highest BCUT2D eigenvalue weighted by atomic mass is 32.2. The Morgan fingerprint density at radius 3 is 2.59 bits per heavy atom. The number of fused-ring (bicyclic) bond motifs is 1. The summed E-state index contributed by atoms with van der Waals surface area (Å²) >= 11 is 1.42. The molecule has 2 aromatic carbocycles. The second-order valence-electron chi connectivity index (χ2n) is 7.08. The van der Waals surface area contributed by atoms with Gasteiger partial charge in [-0.1, -0.05) is 24.3 Å². The molecule has 8 heteroatoms. The molecular weight excluding hydrogens is 406 g/mol. The van der Waals surface area contributed by atoms with E-state index in [4.69, 9.17) is 0 Å². The monoisotopic (exact) mass is 427 g/mol. The smallest absolute Gasteiger partial charge is 0.228 e. The Bertz CT molecular complexity index is 1140. The van der Waals surface area contributed by atoms with E-state index in [9.17, 15) is 13.2 Å². The minimum absolute atomic E-state index is 0.0776. The average molecular weight is 428 g/mol. The van der Waals surface area contributed by atoms with Crippen LogP contribution < -0.4 is 5.32 Å². The fourth-order valence-electron chi connectivity index (χ4n) is 3.33. The minimum atomic E-state index is -3.21. The molecule has 0 aliphatic carbocycles. The van der Waals surface area contributed by atoms with Gasteiger partial charge >= 0.3 is 0 Å². The van der Waals surface area contributed by atoms with Crippen molar-refractivity contribution in [2.24, 2.45) is 0 Å². The molecule has 2 heterocycles. The van der Waals surface area contributed by atoms with Gasteiger partial charge in [-0.25, -0.2) is 13.4 Å². The zero-order valence-electron chi connectivity index (χ0n) is 16.0. The van der Waals surface area contributed by atoms with Gasteiger partial charge in [-0.2, -0.15) is 0 Å². The summed E-state index contributed by atoms with van der Waals surface area (Å²) in [6.07, 6.45) is 2.34. The highest BCUT2D eigenvalue weighted by Crippen LogP contribution is 2.24. The van der Waals surface area contributed by atoms with Crippen LogP contribution in [-0.4, -0.2) is 37.0 Å². The second kappa shape index (κ2) is 7.96. The normalized spacial score (nSPS) is 13.8. The maximum atomic E-state index is 12.7. The first kappa shape index (κ1) is 19.6. The number of anilines is 2. The minimum Gasteiger partial charge on any atom is -0.338 e. The van der Waals surface area contributed by atoms with Crippen molar-refractivity contribution in [1.29, 1.82) is 0 Å². The van der Waals surface area contributed by atoms with Crippen LogP contribution in [0.3, 0.4) is 0 Å². The Balaban J connectivity index is 1.37. The number of aromatic nitrogens is 1. The van der Waals surface area contributed by atoms with Crippen LogP contribution in [0, 0.1) is 0 Å². The number of benzene rings is 2. The van der Waals surface area contributed by atoms with Crippen molar-refractivity contribution in [1.82, 2.24) is 9.88 Å². The highest BCUT2D eigenvalue weighted by Gasteiger charge is 2.21. The third-order valence-electron chi connectivity index (χ3n) is 4.90. The van der Waals surface area contributed by atoms with Crippen molar-refractivity contribution in [3.05, 3.63) is 70.7 Å². The van der Waals surface area contributed by atoms with E-state index < -0.39 is 9.84 Å². The second-order valence-corrected chi connectivity index (χ2v) is 9.95. The first-order valence-corrected chi connectivity index (χ1v) is 12.0. The summed E-state index contributed by atoms with van der Waals surface area (Å²) < 4.78 is 23.1. The van der Waals surface area contributed by atoms with Gasteiger partial charge in [0.1, 0.15) is 0 Å².